The molecule has 0 saturated heterocycles. The maximum atomic E-state index is 10.8. The molecule has 0 atom stereocenters. The predicted molar refractivity (Wildman–Crippen MR) is 145 cm³/mol. The highest BCUT2D eigenvalue weighted by Crippen LogP contribution is 2.32. The van der Waals surface area contributed by atoms with Crippen LogP contribution in [0, 0.1) is 10.1 Å². The van der Waals surface area contributed by atoms with Gasteiger partial charge in [0.1, 0.15) is 18.1 Å². The number of non-ortho nitro benzene ring substituents is 1. The molecule has 0 spiro atoms. The molecule has 0 heterocycles. The minimum atomic E-state index is -0.442. The number of azo groups is 1. The summed E-state index contributed by atoms with van der Waals surface area (Å²) in [5.41, 5.74) is 4.41. The van der Waals surface area contributed by atoms with Gasteiger partial charge in [0.15, 0.2) is 0 Å². The lowest BCUT2D eigenvalue weighted by atomic mass is 10.1. The lowest BCUT2D eigenvalue weighted by Crippen LogP contribution is -2.28. The molecule has 0 fully saturated rings. The van der Waals surface area contributed by atoms with Crippen LogP contribution in [0.3, 0.4) is 0 Å². The van der Waals surface area contributed by atoms with Crippen molar-refractivity contribution in [3.05, 3.63) is 81.9 Å². The number of hydrogen-bond donors (Lipinski definition) is 0. The number of methoxy groups -OCH3 is 1. The summed E-state index contributed by atoms with van der Waals surface area (Å²) in [7, 11) is 1.67. The first-order valence-corrected chi connectivity index (χ1v) is 13.2. The van der Waals surface area contributed by atoms with Crippen LogP contribution in [0.2, 0.25) is 0 Å². The average molecular weight is 606 g/mol. The van der Waals surface area contributed by atoms with Gasteiger partial charge in [-0.1, -0.05) is 31.9 Å². The van der Waals surface area contributed by atoms with E-state index in [0.717, 1.165) is 41.4 Å². The van der Waals surface area contributed by atoms with Crippen molar-refractivity contribution >= 4 is 54.6 Å². The summed E-state index contributed by atoms with van der Waals surface area (Å²) in [6, 6.07) is 17.7. The number of likely N-dealkylation sites (N-methyl/N-ethyl adjacent to an activating group) is 1. The van der Waals surface area contributed by atoms with Gasteiger partial charge < -0.3 is 14.4 Å². The largest absolute Gasteiger partial charge is 0.496 e. The Bertz CT molecular complexity index is 1160. The molecule has 8 nitrogen and oxygen atoms in total. The fourth-order valence-electron chi connectivity index (χ4n) is 3.40. The van der Waals surface area contributed by atoms with Crippen LogP contribution in [-0.4, -0.2) is 31.7 Å². The number of nitro groups is 1. The van der Waals surface area contributed by atoms with Crippen LogP contribution < -0.4 is 14.4 Å². The lowest BCUT2D eigenvalue weighted by molar-refractivity contribution is -0.384. The molecule has 0 aliphatic carbocycles. The van der Waals surface area contributed by atoms with E-state index in [1.165, 1.54) is 12.1 Å². The number of anilines is 1. The molecule has 0 N–H and O–H groups in total. The topological polar surface area (TPSA) is 89.6 Å². The first-order valence-electron chi connectivity index (χ1n) is 10.9. The second kappa shape index (κ2) is 13.2. The van der Waals surface area contributed by atoms with Crippen LogP contribution in [0.15, 0.2) is 70.9 Å². The van der Waals surface area contributed by atoms with E-state index in [9.17, 15) is 10.1 Å². The molecule has 0 aliphatic heterocycles. The molecule has 0 aromatic heterocycles. The van der Waals surface area contributed by atoms with Crippen molar-refractivity contribution < 1.29 is 14.4 Å². The van der Waals surface area contributed by atoms with Crippen molar-refractivity contribution in [1.29, 1.82) is 0 Å². The van der Waals surface area contributed by atoms with Crippen molar-refractivity contribution in [2.75, 3.05) is 31.7 Å². The Morgan fingerprint density at radius 3 is 1.97 bits per heavy atom. The number of nitro benzene ring substituents is 1. The standard InChI is InChI=1S/C25H26Br2N4O4/c1-3-30(12-13-35-25-15-18(16-26)24(34-2)14-19(25)17-27)22-8-4-20(5-9-22)28-29-21-6-10-23(11-7-21)31(32)33/h4-11,14-15H,3,12-13,16-17H2,1-2H3. The zero-order valence-corrected chi connectivity index (χ0v) is 22.7. The van der Waals surface area contributed by atoms with Gasteiger partial charge in [-0.15, -0.1) is 0 Å². The summed E-state index contributed by atoms with van der Waals surface area (Å²) in [6.45, 7) is 4.18. The van der Waals surface area contributed by atoms with Gasteiger partial charge in [-0.25, -0.2) is 0 Å². The third-order valence-corrected chi connectivity index (χ3v) is 6.52. The number of ether oxygens (including phenoxy) is 2. The average Bonchev–Trinajstić information content (AvgIpc) is 2.90. The maximum absolute atomic E-state index is 10.8. The molecule has 0 unspecified atom stereocenters. The van der Waals surface area contributed by atoms with Crippen LogP contribution in [-0.2, 0) is 10.7 Å². The first kappa shape index (κ1) is 26.6. The normalized spacial score (nSPS) is 11.0. The molecular weight excluding hydrogens is 580 g/mol. The van der Waals surface area contributed by atoms with Gasteiger partial charge in [0.25, 0.3) is 5.69 Å². The van der Waals surface area contributed by atoms with E-state index >= 15 is 0 Å². The van der Waals surface area contributed by atoms with Crippen LogP contribution in [0.5, 0.6) is 11.5 Å². The quantitative estimate of drug-likeness (QED) is 0.0912. The highest BCUT2D eigenvalue weighted by Gasteiger charge is 2.12. The predicted octanol–water partition coefficient (Wildman–Crippen LogP) is 7.71. The Morgan fingerprint density at radius 2 is 1.46 bits per heavy atom. The molecule has 0 aliphatic rings. The molecule has 10 heteroatoms. The van der Waals surface area contributed by atoms with E-state index in [1.54, 1.807) is 19.2 Å². The van der Waals surface area contributed by atoms with E-state index in [2.05, 4.69) is 53.9 Å². The number of hydrogen-bond acceptors (Lipinski definition) is 7. The molecule has 0 saturated carbocycles. The molecule has 3 aromatic rings. The molecule has 35 heavy (non-hydrogen) atoms. The fraction of sp³-hybridized carbons (Fsp3) is 0.280. The molecular formula is C25H26Br2N4O4. The highest BCUT2D eigenvalue weighted by molar-refractivity contribution is 9.08. The summed E-state index contributed by atoms with van der Waals surface area (Å²) in [5.74, 6) is 1.68. The molecule has 0 radical (unpaired) electrons. The SMILES string of the molecule is CCN(CCOc1cc(CBr)c(OC)cc1CBr)c1ccc(N=Nc2ccc([N+](=O)[O-])cc2)cc1. The van der Waals surface area contributed by atoms with Gasteiger partial charge in [0, 0.05) is 46.2 Å². The van der Waals surface area contributed by atoms with E-state index in [1.807, 2.05) is 36.4 Å². The molecule has 3 aromatic carbocycles. The van der Waals surface area contributed by atoms with Gasteiger partial charge >= 0.3 is 0 Å². The molecule has 184 valence electrons. The smallest absolute Gasteiger partial charge is 0.269 e. The van der Waals surface area contributed by atoms with E-state index in [0.29, 0.717) is 28.6 Å². The van der Waals surface area contributed by atoms with E-state index in [-0.39, 0.29) is 5.69 Å². The lowest BCUT2D eigenvalue weighted by Gasteiger charge is -2.24. The monoisotopic (exact) mass is 604 g/mol. The van der Waals surface area contributed by atoms with Gasteiger partial charge in [-0.05, 0) is 55.5 Å². The Balaban J connectivity index is 1.61. The first-order chi connectivity index (χ1) is 17.0. The van der Waals surface area contributed by atoms with Crippen molar-refractivity contribution in [3.8, 4) is 11.5 Å². The summed E-state index contributed by atoms with van der Waals surface area (Å²) in [5, 5.41) is 20.5. The zero-order chi connectivity index (χ0) is 25.2. The third kappa shape index (κ3) is 7.25. The second-order valence-electron chi connectivity index (χ2n) is 7.46. The Morgan fingerprint density at radius 1 is 0.914 bits per heavy atom. The summed E-state index contributed by atoms with van der Waals surface area (Å²) in [4.78, 5) is 12.5. The van der Waals surface area contributed by atoms with Crippen molar-refractivity contribution in [3.63, 3.8) is 0 Å². The molecule has 0 amide bonds. The van der Waals surface area contributed by atoms with Gasteiger partial charge in [0.05, 0.1) is 30.0 Å². The number of benzene rings is 3. The fourth-order valence-corrected chi connectivity index (χ4v) is 4.28. The number of halogens is 2. The third-order valence-electron chi connectivity index (χ3n) is 5.31. The minimum Gasteiger partial charge on any atom is -0.496 e. The maximum Gasteiger partial charge on any atom is 0.269 e. The number of rotatable bonds is 12. The van der Waals surface area contributed by atoms with Gasteiger partial charge in [0.2, 0.25) is 0 Å². The van der Waals surface area contributed by atoms with Crippen LogP contribution in [0.25, 0.3) is 0 Å². The Labute approximate surface area is 221 Å². The minimum absolute atomic E-state index is 0.0240. The van der Waals surface area contributed by atoms with Crippen LogP contribution >= 0.6 is 31.9 Å². The van der Waals surface area contributed by atoms with E-state index < -0.39 is 4.92 Å². The van der Waals surface area contributed by atoms with Crippen molar-refractivity contribution in [2.24, 2.45) is 10.2 Å². The number of nitrogens with zero attached hydrogens (tertiary/aromatic N) is 4. The Kier molecular flexibility index (Phi) is 10.0. The second-order valence-corrected chi connectivity index (χ2v) is 8.58. The van der Waals surface area contributed by atoms with E-state index in [4.69, 9.17) is 9.47 Å². The summed E-state index contributed by atoms with van der Waals surface area (Å²) in [6.07, 6.45) is 0. The molecule has 3 rings (SSSR count). The Hall–Kier alpha value is -2.98. The zero-order valence-electron chi connectivity index (χ0n) is 19.5. The van der Waals surface area contributed by atoms with Crippen LogP contribution in [0.1, 0.15) is 18.1 Å². The highest BCUT2D eigenvalue weighted by atomic mass is 79.9. The van der Waals surface area contributed by atoms with Crippen LogP contribution in [0.4, 0.5) is 22.7 Å². The van der Waals surface area contributed by atoms with Gasteiger partial charge in [-0.3, -0.25) is 10.1 Å². The van der Waals surface area contributed by atoms with Crippen molar-refractivity contribution in [1.82, 2.24) is 0 Å². The van der Waals surface area contributed by atoms with Crippen molar-refractivity contribution in [2.45, 2.75) is 17.6 Å². The molecule has 0 bridgehead atoms. The number of alkyl halides is 2. The van der Waals surface area contributed by atoms with Gasteiger partial charge in [-0.2, -0.15) is 10.2 Å². The summed E-state index contributed by atoms with van der Waals surface area (Å²) >= 11 is 7.04. The summed E-state index contributed by atoms with van der Waals surface area (Å²) < 4.78 is 11.6.